The molecule has 0 aliphatic heterocycles. The first-order valence-electron chi connectivity index (χ1n) is 3.52. The van der Waals surface area contributed by atoms with Crippen molar-refractivity contribution in [3.8, 4) is 0 Å². The number of aromatic amines is 1. The Hall–Kier alpha value is -1.06. The predicted molar refractivity (Wildman–Crippen MR) is 40.3 cm³/mol. The number of H-pyrrole nitrogens is 1. The van der Waals surface area contributed by atoms with Crippen LogP contribution in [0.15, 0.2) is 9.32 Å². The number of hydrogen-bond donors (Lipinski definition) is 1. The molecule has 0 spiro atoms. The van der Waals surface area contributed by atoms with Crippen LogP contribution in [0.5, 0.6) is 0 Å². The van der Waals surface area contributed by atoms with Gasteiger partial charge in [-0.2, -0.15) is 0 Å². The van der Waals surface area contributed by atoms with Gasteiger partial charge in [0.1, 0.15) is 0 Å². The molecule has 0 bridgehead atoms. The van der Waals surface area contributed by atoms with E-state index in [-0.39, 0.29) is 5.41 Å². The summed E-state index contributed by atoms with van der Waals surface area (Å²) in [6, 6.07) is 0. The van der Waals surface area contributed by atoms with Crippen LogP contribution in [0.4, 0.5) is 0 Å². The molecule has 1 heterocycles. The average Bonchev–Trinajstić information content (AvgIpc) is 2.10. The lowest BCUT2D eigenvalue weighted by atomic mass is 9.92. The van der Waals surface area contributed by atoms with Crippen LogP contribution in [-0.2, 0) is 6.42 Å². The summed E-state index contributed by atoms with van der Waals surface area (Å²) >= 11 is 0. The van der Waals surface area contributed by atoms with Gasteiger partial charge >= 0.3 is 5.76 Å². The number of nitrogens with zero attached hydrogens (tertiary/aromatic N) is 1. The first-order chi connectivity index (χ1) is 4.97. The van der Waals surface area contributed by atoms with Gasteiger partial charge in [-0.05, 0) is 5.41 Å². The molecule has 4 nitrogen and oxygen atoms in total. The van der Waals surface area contributed by atoms with Crippen molar-refractivity contribution in [2.45, 2.75) is 27.2 Å². The van der Waals surface area contributed by atoms with Crippen molar-refractivity contribution in [3.63, 3.8) is 0 Å². The number of rotatable bonds is 1. The summed E-state index contributed by atoms with van der Waals surface area (Å²) in [5, 5.41) is 3.56. The first kappa shape index (κ1) is 8.04. The van der Waals surface area contributed by atoms with Crippen molar-refractivity contribution in [2.24, 2.45) is 5.41 Å². The van der Waals surface area contributed by atoms with Crippen molar-refractivity contribution in [2.75, 3.05) is 0 Å². The van der Waals surface area contributed by atoms with Gasteiger partial charge < -0.3 is 0 Å². The van der Waals surface area contributed by atoms with Gasteiger partial charge in [-0.3, -0.25) is 9.51 Å². The minimum Gasteiger partial charge on any atom is -0.296 e. The third-order valence-electron chi connectivity index (χ3n) is 1.18. The molecule has 0 unspecified atom stereocenters. The van der Waals surface area contributed by atoms with Gasteiger partial charge in [0.15, 0.2) is 5.82 Å². The standard InChI is InChI=1S/C7H12N2O2/c1-7(2,3)4-5-8-6(10)11-9-5/h4H2,1-3H3,(H,8,9,10). The van der Waals surface area contributed by atoms with E-state index < -0.39 is 5.76 Å². The van der Waals surface area contributed by atoms with Crippen LogP contribution in [0.3, 0.4) is 0 Å². The van der Waals surface area contributed by atoms with Gasteiger partial charge in [0.2, 0.25) is 0 Å². The van der Waals surface area contributed by atoms with Crippen LogP contribution in [0.1, 0.15) is 26.6 Å². The van der Waals surface area contributed by atoms with E-state index in [1.807, 2.05) is 0 Å². The highest BCUT2D eigenvalue weighted by atomic mass is 16.5. The van der Waals surface area contributed by atoms with E-state index in [2.05, 4.69) is 35.4 Å². The summed E-state index contributed by atoms with van der Waals surface area (Å²) in [6.07, 6.45) is 0.721. The molecule has 1 rings (SSSR count). The highest BCUT2D eigenvalue weighted by Crippen LogP contribution is 2.17. The van der Waals surface area contributed by atoms with Crippen molar-refractivity contribution >= 4 is 0 Å². The molecular formula is C7H12N2O2. The Morgan fingerprint density at radius 1 is 1.55 bits per heavy atom. The van der Waals surface area contributed by atoms with Gasteiger partial charge in [-0.1, -0.05) is 25.9 Å². The zero-order valence-corrected chi connectivity index (χ0v) is 6.97. The van der Waals surface area contributed by atoms with Crippen LogP contribution in [0.25, 0.3) is 0 Å². The molecule has 11 heavy (non-hydrogen) atoms. The number of nitrogens with one attached hydrogen (secondary N) is 1. The second-order valence-corrected chi connectivity index (χ2v) is 3.78. The zero-order chi connectivity index (χ0) is 8.48. The van der Waals surface area contributed by atoms with Gasteiger partial charge in [0.25, 0.3) is 0 Å². The fourth-order valence-electron chi connectivity index (χ4n) is 0.839. The fraction of sp³-hybridized carbons (Fsp3) is 0.714. The first-order valence-corrected chi connectivity index (χ1v) is 3.52. The lowest BCUT2D eigenvalue weighted by molar-refractivity contribution is 0.358. The molecule has 0 radical (unpaired) electrons. The second-order valence-electron chi connectivity index (χ2n) is 3.78. The molecule has 1 aromatic heterocycles. The van der Waals surface area contributed by atoms with Crippen LogP contribution >= 0.6 is 0 Å². The Labute approximate surface area is 64.6 Å². The van der Waals surface area contributed by atoms with Gasteiger partial charge in [0, 0.05) is 6.42 Å². The van der Waals surface area contributed by atoms with Gasteiger partial charge in [-0.25, -0.2) is 4.79 Å². The van der Waals surface area contributed by atoms with E-state index in [4.69, 9.17) is 0 Å². The maximum absolute atomic E-state index is 10.5. The topological polar surface area (TPSA) is 58.9 Å². The van der Waals surface area contributed by atoms with Crippen LogP contribution in [0.2, 0.25) is 0 Å². The molecule has 62 valence electrons. The van der Waals surface area contributed by atoms with E-state index in [0.717, 1.165) is 6.42 Å². The van der Waals surface area contributed by atoms with Crippen molar-refractivity contribution in [1.29, 1.82) is 0 Å². The summed E-state index contributed by atoms with van der Waals surface area (Å²) in [7, 11) is 0. The Kier molecular flexibility index (Phi) is 1.85. The van der Waals surface area contributed by atoms with E-state index in [1.165, 1.54) is 0 Å². The lowest BCUT2D eigenvalue weighted by Crippen LogP contribution is -2.11. The fourth-order valence-corrected chi connectivity index (χ4v) is 0.839. The van der Waals surface area contributed by atoms with Crippen molar-refractivity contribution in [3.05, 3.63) is 16.4 Å². The molecular weight excluding hydrogens is 144 g/mol. The molecule has 0 aliphatic carbocycles. The van der Waals surface area contributed by atoms with Crippen molar-refractivity contribution in [1.82, 2.24) is 10.1 Å². The van der Waals surface area contributed by atoms with E-state index in [1.54, 1.807) is 0 Å². The third kappa shape index (κ3) is 2.57. The summed E-state index contributed by atoms with van der Waals surface area (Å²) in [5.74, 6) is 0.131. The Morgan fingerprint density at radius 3 is 2.55 bits per heavy atom. The van der Waals surface area contributed by atoms with Gasteiger partial charge in [-0.15, -0.1) is 0 Å². The van der Waals surface area contributed by atoms with Crippen LogP contribution < -0.4 is 5.76 Å². The molecule has 0 atom stereocenters. The second kappa shape index (κ2) is 2.53. The van der Waals surface area contributed by atoms with Crippen molar-refractivity contribution < 1.29 is 4.52 Å². The monoisotopic (exact) mass is 156 g/mol. The normalized spacial score (nSPS) is 11.9. The Balaban J connectivity index is 2.73. The Morgan fingerprint density at radius 2 is 2.18 bits per heavy atom. The molecule has 0 amide bonds. The maximum atomic E-state index is 10.5. The molecule has 1 aromatic rings. The molecule has 0 fully saturated rings. The van der Waals surface area contributed by atoms with Gasteiger partial charge in [0.05, 0.1) is 0 Å². The summed E-state index contributed by atoms with van der Waals surface area (Å²) in [6.45, 7) is 6.21. The SMILES string of the molecule is CC(C)(C)Cc1noc(=O)[nH]1. The molecule has 0 aromatic carbocycles. The molecule has 0 saturated carbocycles. The minimum absolute atomic E-state index is 0.125. The average molecular weight is 156 g/mol. The highest BCUT2D eigenvalue weighted by Gasteiger charge is 2.13. The Bertz CT molecular complexity index is 279. The lowest BCUT2D eigenvalue weighted by Gasteiger charge is -2.14. The predicted octanol–water partition coefficient (Wildman–Crippen LogP) is 0.952. The summed E-state index contributed by atoms with van der Waals surface area (Å²) in [5.41, 5.74) is 0.125. The number of hydrogen-bond acceptors (Lipinski definition) is 3. The molecule has 1 N–H and O–H groups in total. The quantitative estimate of drug-likeness (QED) is 0.658. The maximum Gasteiger partial charge on any atom is 0.438 e. The number of aromatic nitrogens is 2. The van der Waals surface area contributed by atoms with Crippen LogP contribution in [0, 0.1) is 5.41 Å². The highest BCUT2D eigenvalue weighted by molar-refractivity contribution is 4.84. The van der Waals surface area contributed by atoms with E-state index >= 15 is 0 Å². The third-order valence-corrected chi connectivity index (χ3v) is 1.18. The van der Waals surface area contributed by atoms with E-state index in [0.29, 0.717) is 5.82 Å². The smallest absolute Gasteiger partial charge is 0.296 e. The van der Waals surface area contributed by atoms with Crippen LogP contribution in [-0.4, -0.2) is 10.1 Å². The molecule has 4 heteroatoms. The zero-order valence-electron chi connectivity index (χ0n) is 6.97. The summed E-state index contributed by atoms with van der Waals surface area (Å²) < 4.78 is 4.35. The summed E-state index contributed by atoms with van der Waals surface area (Å²) in [4.78, 5) is 13.0. The largest absolute Gasteiger partial charge is 0.438 e. The molecule has 0 saturated heterocycles. The minimum atomic E-state index is -0.482. The van der Waals surface area contributed by atoms with E-state index in [9.17, 15) is 4.79 Å². The molecule has 0 aliphatic rings.